The van der Waals surface area contributed by atoms with Gasteiger partial charge in [0.05, 0.1) is 11.6 Å². The van der Waals surface area contributed by atoms with Crippen molar-refractivity contribution in [1.29, 1.82) is 0 Å². The molecule has 3 heterocycles. The van der Waals surface area contributed by atoms with E-state index in [1.165, 1.54) is 16.5 Å². The maximum Gasteiger partial charge on any atom is 0.326 e. The Morgan fingerprint density at radius 3 is 2.40 bits per heavy atom. The van der Waals surface area contributed by atoms with Crippen LogP contribution >= 0.6 is 0 Å². The number of fused-ring (bicyclic) bond motifs is 1. The number of ketones is 1. The van der Waals surface area contributed by atoms with Crippen LogP contribution in [-0.4, -0.2) is 71.4 Å². The van der Waals surface area contributed by atoms with Gasteiger partial charge in [-0.25, -0.2) is 14.8 Å². The third-order valence-corrected chi connectivity index (χ3v) is 8.33. The van der Waals surface area contributed by atoms with Gasteiger partial charge < -0.3 is 15.3 Å². The van der Waals surface area contributed by atoms with E-state index in [1.54, 1.807) is 49.7 Å². The third-order valence-electron chi connectivity index (χ3n) is 8.33. The Bertz CT molecular complexity index is 1780. The number of rotatable bonds is 10. The molecule has 2 aromatic carbocycles. The van der Waals surface area contributed by atoms with Gasteiger partial charge in [-0.1, -0.05) is 43.3 Å². The Hall–Kier alpha value is -5.19. The number of carbonyl (C=O) groups is 4. The van der Waals surface area contributed by atoms with Crippen LogP contribution in [0.4, 0.5) is 0 Å². The van der Waals surface area contributed by atoms with Crippen molar-refractivity contribution in [1.82, 2.24) is 30.0 Å². The zero-order valence-electron chi connectivity index (χ0n) is 25.7. The predicted molar refractivity (Wildman–Crippen MR) is 168 cm³/mol. The number of aryl methyl sites for hydroxylation is 2. The van der Waals surface area contributed by atoms with Gasteiger partial charge in [0, 0.05) is 36.7 Å². The molecule has 0 radical (unpaired) electrons. The number of benzene rings is 2. The highest BCUT2D eigenvalue weighted by Crippen LogP contribution is 2.33. The van der Waals surface area contributed by atoms with Crippen LogP contribution in [0.3, 0.4) is 0 Å². The minimum absolute atomic E-state index is 0.0947. The quantitative estimate of drug-likeness (QED) is 0.203. The highest BCUT2D eigenvalue weighted by atomic mass is 16.4. The van der Waals surface area contributed by atoms with Gasteiger partial charge in [0.15, 0.2) is 5.78 Å². The number of nitrogens with zero attached hydrogens (tertiary/aromatic N) is 5. The van der Waals surface area contributed by atoms with E-state index in [0.29, 0.717) is 23.1 Å². The van der Waals surface area contributed by atoms with E-state index in [1.807, 2.05) is 32.0 Å². The molecule has 0 spiro atoms. The molecular weight excluding hydrogens is 572 g/mol. The lowest BCUT2D eigenvalue weighted by molar-refractivity contribution is -0.144. The monoisotopic (exact) mass is 608 g/mol. The summed E-state index contributed by atoms with van der Waals surface area (Å²) in [6.07, 6.45) is 5.51. The molecule has 0 aliphatic carbocycles. The number of aliphatic carboxylic acids is 1. The first kappa shape index (κ1) is 31.2. The molecule has 1 aliphatic heterocycles. The van der Waals surface area contributed by atoms with E-state index in [4.69, 9.17) is 0 Å². The van der Waals surface area contributed by atoms with E-state index in [2.05, 4.69) is 27.0 Å². The normalized spacial score (nSPS) is 18.5. The number of amides is 2. The van der Waals surface area contributed by atoms with Crippen LogP contribution in [0, 0.1) is 19.8 Å². The molecule has 2 amide bonds. The molecule has 0 unspecified atom stereocenters. The molecule has 0 bridgehead atoms. The first-order chi connectivity index (χ1) is 21.5. The first-order valence-corrected chi connectivity index (χ1v) is 14.8. The largest absolute Gasteiger partial charge is 0.480 e. The molecule has 11 heteroatoms. The molecule has 11 nitrogen and oxygen atoms in total. The van der Waals surface area contributed by atoms with Crippen molar-refractivity contribution in [3.8, 4) is 11.1 Å². The second kappa shape index (κ2) is 12.8. The average molecular weight is 609 g/mol. The number of hydrogen-bond acceptors (Lipinski definition) is 7. The van der Waals surface area contributed by atoms with Gasteiger partial charge in [-0.15, -0.1) is 6.58 Å². The van der Waals surface area contributed by atoms with E-state index >= 15 is 0 Å². The van der Waals surface area contributed by atoms with Crippen molar-refractivity contribution in [2.75, 3.05) is 0 Å². The van der Waals surface area contributed by atoms with E-state index in [0.717, 1.165) is 22.3 Å². The number of aromatic nitrogens is 4. The van der Waals surface area contributed by atoms with Crippen LogP contribution < -0.4 is 5.32 Å². The maximum atomic E-state index is 14.0. The maximum absolute atomic E-state index is 14.0. The van der Waals surface area contributed by atoms with Crippen molar-refractivity contribution in [3.63, 3.8) is 0 Å². The molecule has 5 rings (SSSR count). The molecule has 2 aromatic heterocycles. The molecule has 4 aromatic rings. The number of carbonyl (C=O) groups excluding carboxylic acids is 3. The number of likely N-dealkylation sites (tertiary alicyclic amines) is 1. The highest BCUT2D eigenvalue weighted by Gasteiger charge is 2.44. The summed E-state index contributed by atoms with van der Waals surface area (Å²) in [4.78, 5) is 62.4. The first-order valence-electron chi connectivity index (χ1n) is 14.8. The predicted octanol–water partition coefficient (Wildman–Crippen LogP) is 3.92. The van der Waals surface area contributed by atoms with Gasteiger partial charge in [0.1, 0.15) is 30.1 Å². The van der Waals surface area contributed by atoms with Gasteiger partial charge in [0.25, 0.3) is 0 Å². The van der Waals surface area contributed by atoms with Crippen molar-refractivity contribution in [3.05, 3.63) is 90.2 Å². The van der Waals surface area contributed by atoms with Crippen LogP contribution in [0.2, 0.25) is 0 Å². The molecule has 0 saturated carbocycles. The van der Waals surface area contributed by atoms with Crippen molar-refractivity contribution < 1.29 is 24.3 Å². The number of carboxylic acid groups (broad SMARTS) is 1. The fraction of sp³-hybridized carbons (Fsp3) is 0.324. The lowest BCUT2D eigenvalue weighted by atomic mass is 10.0. The summed E-state index contributed by atoms with van der Waals surface area (Å²) < 4.78 is 1.51. The molecule has 2 N–H and O–H groups in total. The van der Waals surface area contributed by atoms with Crippen LogP contribution in [0.5, 0.6) is 0 Å². The number of hydrogen-bond donors (Lipinski definition) is 2. The SMILES string of the molecule is C=C[C@@H]1[C@@H](C)C[C@@H](C(=O)N[C@@H](Cc2ccccc2)C(=O)O)N1C(=O)Cn1nc(C(C)=O)c2cc(-c3cnc(C)nc3)cc(C)c21. The lowest BCUT2D eigenvalue weighted by Gasteiger charge is -2.30. The number of nitrogens with one attached hydrogen (secondary N) is 1. The molecule has 4 atom stereocenters. The fourth-order valence-electron chi connectivity index (χ4n) is 6.14. The van der Waals surface area contributed by atoms with Gasteiger partial charge in [-0.3, -0.25) is 19.1 Å². The topological polar surface area (TPSA) is 147 Å². The van der Waals surface area contributed by atoms with Gasteiger partial charge >= 0.3 is 5.97 Å². The Kier molecular flexibility index (Phi) is 8.89. The van der Waals surface area contributed by atoms with Crippen molar-refractivity contribution in [2.45, 2.75) is 65.2 Å². The summed E-state index contributed by atoms with van der Waals surface area (Å²) in [5.74, 6) is -1.81. The smallest absolute Gasteiger partial charge is 0.326 e. The molecular formula is C34H36N6O5. The van der Waals surface area contributed by atoms with Crippen LogP contribution in [0.1, 0.15) is 47.7 Å². The standard InChI is InChI=1S/C34H36N6O5/c1-6-28-19(2)13-29(33(43)37-27(34(44)45)14-23-10-8-7-9-11-23)40(28)30(42)18-39-32-20(3)12-24(25-16-35-22(5)36-17-25)15-26(32)31(38-39)21(4)41/h6-12,15-17,19,27-29H,1,13-14,18H2,2-5H3,(H,37,43)(H,44,45)/t19-,27-,28+,29-/m0/s1. The van der Waals surface area contributed by atoms with Crippen molar-refractivity contribution >= 4 is 34.5 Å². The van der Waals surface area contributed by atoms with E-state index in [9.17, 15) is 24.3 Å². The Morgan fingerprint density at radius 1 is 1.09 bits per heavy atom. The zero-order chi connectivity index (χ0) is 32.4. The number of carboxylic acids is 1. The summed E-state index contributed by atoms with van der Waals surface area (Å²) in [6.45, 7) is 10.7. The Morgan fingerprint density at radius 2 is 1.78 bits per heavy atom. The second-order valence-corrected chi connectivity index (χ2v) is 11.6. The Labute approximate surface area is 261 Å². The third kappa shape index (κ3) is 6.38. The summed E-state index contributed by atoms with van der Waals surface area (Å²) in [5, 5.41) is 17.7. The summed E-state index contributed by atoms with van der Waals surface area (Å²) in [6, 6.07) is 10.3. The van der Waals surface area contributed by atoms with Gasteiger partial charge in [-0.05, 0) is 55.0 Å². The minimum atomic E-state index is -1.17. The molecule has 1 saturated heterocycles. The molecule has 45 heavy (non-hydrogen) atoms. The summed E-state index contributed by atoms with van der Waals surface area (Å²) >= 11 is 0. The van der Waals surface area contributed by atoms with Gasteiger partial charge in [0.2, 0.25) is 11.8 Å². The summed E-state index contributed by atoms with van der Waals surface area (Å²) in [7, 11) is 0. The minimum Gasteiger partial charge on any atom is -0.480 e. The lowest BCUT2D eigenvalue weighted by Crippen LogP contribution is -2.53. The van der Waals surface area contributed by atoms with E-state index < -0.39 is 35.9 Å². The van der Waals surface area contributed by atoms with Crippen LogP contribution in [-0.2, 0) is 27.3 Å². The second-order valence-electron chi connectivity index (χ2n) is 11.6. The molecule has 1 aliphatic rings. The van der Waals surface area contributed by atoms with Crippen LogP contribution in [0.25, 0.3) is 22.0 Å². The zero-order valence-corrected chi connectivity index (χ0v) is 25.7. The van der Waals surface area contributed by atoms with Crippen molar-refractivity contribution in [2.24, 2.45) is 5.92 Å². The highest BCUT2D eigenvalue weighted by molar-refractivity contribution is 6.07. The molecule has 232 valence electrons. The Balaban J connectivity index is 1.45. The average Bonchev–Trinajstić information content (AvgIpc) is 3.55. The number of Topliss-reactive ketones (excluding diaryl/α,β-unsaturated/α-hetero) is 1. The fourth-order valence-corrected chi connectivity index (χ4v) is 6.14. The van der Waals surface area contributed by atoms with E-state index in [-0.39, 0.29) is 30.4 Å². The molecule has 1 fully saturated rings. The van der Waals surface area contributed by atoms with Crippen LogP contribution in [0.15, 0.2) is 67.5 Å². The summed E-state index contributed by atoms with van der Waals surface area (Å²) in [5.41, 5.74) is 4.01. The van der Waals surface area contributed by atoms with Gasteiger partial charge in [-0.2, -0.15) is 5.10 Å².